The SMILES string of the molecule is CCOc1ccc(-n2c(SCC(=O)Nc3cc(OC)cc(OC)c3)nnc2-c2ccco2)cc1. The number of furan rings is 1. The van der Waals surface area contributed by atoms with Crippen LogP contribution in [-0.4, -0.2) is 47.3 Å². The summed E-state index contributed by atoms with van der Waals surface area (Å²) >= 11 is 1.26. The Kier molecular flexibility index (Phi) is 7.38. The molecule has 10 heteroatoms. The molecule has 1 amide bonds. The Hall–Kier alpha value is -3.92. The van der Waals surface area contributed by atoms with Crippen LogP contribution in [0.15, 0.2) is 70.4 Å². The molecule has 0 saturated heterocycles. The highest BCUT2D eigenvalue weighted by Gasteiger charge is 2.19. The first-order valence-corrected chi connectivity index (χ1v) is 11.5. The summed E-state index contributed by atoms with van der Waals surface area (Å²) in [7, 11) is 3.11. The highest BCUT2D eigenvalue weighted by Crippen LogP contribution is 2.30. The third-order valence-electron chi connectivity index (χ3n) is 4.75. The van der Waals surface area contributed by atoms with Gasteiger partial charge in [0.25, 0.3) is 0 Å². The minimum atomic E-state index is -0.207. The van der Waals surface area contributed by atoms with Crippen molar-refractivity contribution >= 4 is 23.4 Å². The Balaban J connectivity index is 1.54. The molecule has 0 radical (unpaired) electrons. The average Bonchev–Trinajstić information content (AvgIpc) is 3.53. The van der Waals surface area contributed by atoms with Crippen molar-refractivity contribution in [1.29, 1.82) is 0 Å². The van der Waals surface area contributed by atoms with E-state index in [4.69, 9.17) is 18.6 Å². The molecule has 176 valence electrons. The molecule has 0 bridgehead atoms. The molecule has 2 aromatic heterocycles. The van der Waals surface area contributed by atoms with E-state index in [2.05, 4.69) is 15.5 Å². The Labute approximate surface area is 201 Å². The molecular formula is C24H24N4O5S. The molecule has 0 unspecified atom stereocenters. The number of benzene rings is 2. The van der Waals surface area contributed by atoms with Crippen molar-refractivity contribution < 1.29 is 23.4 Å². The maximum atomic E-state index is 12.7. The van der Waals surface area contributed by atoms with Gasteiger partial charge in [0.1, 0.15) is 17.2 Å². The number of rotatable bonds is 10. The van der Waals surface area contributed by atoms with Crippen LogP contribution in [0.25, 0.3) is 17.3 Å². The van der Waals surface area contributed by atoms with Gasteiger partial charge >= 0.3 is 0 Å². The Morgan fingerprint density at radius 2 is 1.76 bits per heavy atom. The third-order valence-corrected chi connectivity index (χ3v) is 5.68. The number of carbonyl (C=O) groups is 1. The van der Waals surface area contributed by atoms with Crippen molar-refractivity contribution in [3.8, 4) is 34.5 Å². The van der Waals surface area contributed by atoms with Gasteiger partial charge in [-0.3, -0.25) is 9.36 Å². The van der Waals surface area contributed by atoms with Crippen LogP contribution in [0.4, 0.5) is 5.69 Å². The first-order valence-electron chi connectivity index (χ1n) is 10.5. The van der Waals surface area contributed by atoms with Gasteiger partial charge in [-0.1, -0.05) is 11.8 Å². The quantitative estimate of drug-likeness (QED) is 0.327. The van der Waals surface area contributed by atoms with Crippen LogP contribution in [0, 0.1) is 0 Å². The van der Waals surface area contributed by atoms with Gasteiger partial charge in [-0.2, -0.15) is 0 Å². The van der Waals surface area contributed by atoms with E-state index in [1.165, 1.54) is 11.8 Å². The lowest BCUT2D eigenvalue weighted by Gasteiger charge is -2.11. The van der Waals surface area contributed by atoms with Crippen molar-refractivity contribution in [3.05, 3.63) is 60.9 Å². The van der Waals surface area contributed by atoms with Gasteiger partial charge in [-0.05, 0) is 43.3 Å². The largest absolute Gasteiger partial charge is 0.497 e. The van der Waals surface area contributed by atoms with Crippen LogP contribution in [0.5, 0.6) is 17.2 Å². The molecule has 4 aromatic rings. The van der Waals surface area contributed by atoms with Gasteiger partial charge in [0.05, 0.1) is 38.5 Å². The molecule has 0 aliphatic carbocycles. The number of amides is 1. The zero-order chi connectivity index (χ0) is 23.9. The van der Waals surface area contributed by atoms with Crippen molar-refractivity contribution in [3.63, 3.8) is 0 Å². The molecule has 0 spiro atoms. The van der Waals surface area contributed by atoms with E-state index < -0.39 is 0 Å². The molecule has 0 aliphatic rings. The average molecular weight is 481 g/mol. The summed E-state index contributed by atoms with van der Waals surface area (Å²) in [6.07, 6.45) is 1.58. The Morgan fingerprint density at radius 3 is 2.38 bits per heavy atom. The summed E-state index contributed by atoms with van der Waals surface area (Å²) in [6.45, 7) is 2.52. The second-order valence-electron chi connectivity index (χ2n) is 6.98. The summed E-state index contributed by atoms with van der Waals surface area (Å²) in [5.74, 6) is 2.95. The van der Waals surface area contributed by atoms with Crippen molar-refractivity contribution in [1.82, 2.24) is 14.8 Å². The normalized spacial score (nSPS) is 10.7. The Morgan fingerprint density at radius 1 is 1.03 bits per heavy atom. The smallest absolute Gasteiger partial charge is 0.234 e. The number of hydrogen-bond donors (Lipinski definition) is 1. The Bertz CT molecular complexity index is 1220. The van der Waals surface area contributed by atoms with Gasteiger partial charge in [0.2, 0.25) is 11.7 Å². The van der Waals surface area contributed by atoms with Crippen LogP contribution in [-0.2, 0) is 4.79 Å². The maximum Gasteiger partial charge on any atom is 0.234 e. The van der Waals surface area contributed by atoms with Crippen molar-refractivity contribution in [2.45, 2.75) is 12.1 Å². The monoisotopic (exact) mass is 480 g/mol. The van der Waals surface area contributed by atoms with Crippen molar-refractivity contribution in [2.24, 2.45) is 0 Å². The standard InChI is InChI=1S/C24H24N4O5S/c1-4-32-18-9-7-17(8-10-18)28-23(21-6-5-11-33-21)26-27-24(28)34-15-22(29)25-16-12-19(30-2)14-20(13-16)31-3/h5-14H,4,15H2,1-3H3,(H,25,29). The summed E-state index contributed by atoms with van der Waals surface area (Å²) in [4.78, 5) is 12.7. The maximum absolute atomic E-state index is 12.7. The first kappa shape index (κ1) is 23.2. The molecule has 2 aromatic carbocycles. The zero-order valence-corrected chi connectivity index (χ0v) is 19.8. The predicted molar refractivity (Wildman–Crippen MR) is 129 cm³/mol. The molecule has 4 rings (SSSR count). The fraction of sp³-hybridized carbons (Fsp3) is 0.208. The van der Waals surface area contributed by atoms with E-state index in [1.54, 1.807) is 44.7 Å². The number of ether oxygens (including phenoxy) is 3. The number of anilines is 1. The number of nitrogens with zero attached hydrogens (tertiary/aromatic N) is 3. The minimum absolute atomic E-state index is 0.118. The molecule has 2 heterocycles. The summed E-state index contributed by atoms with van der Waals surface area (Å²) < 4.78 is 23.5. The highest BCUT2D eigenvalue weighted by atomic mass is 32.2. The fourth-order valence-corrected chi connectivity index (χ4v) is 3.98. The van der Waals surface area contributed by atoms with Gasteiger partial charge in [-0.15, -0.1) is 10.2 Å². The van der Waals surface area contributed by atoms with Gasteiger partial charge < -0.3 is 23.9 Å². The van der Waals surface area contributed by atoms with Crippen LogP contribution < -0.4 is 19.5 Å². The van der Waals surface area contributed by atoms with Gasteiger partial charge in [-0.25, -0.2) is 0 Å². The van der Waals surface area contributed by atoms with E-state index in [-0.39, 0.29) is 11.7 Å². The molecule has 0 fully saturated rings. The molecule has 0 atom stereocenters. The van der Waals surface area contributed by atoms with Crippen LogP contribution in [0.3, 0.4) is 0 Å². The zero-order valence-electron chi connectivity index (χ0n) is 19.0. The van der Waals surface area contributed by atoms with E-state index in [1.807, 2.05) is 41.8 Å². The van der Waals surface area contributed by atoms with E-state index in [0.29, 0.717) is 40.5 Å². The van der Waals surface area contributed by atoms with E-state index >= 15 is 0 Å². The number of thioether (sulfide) groups is 1. The lowest BCUT2D eigenvalue weighted by Crippen LogP contribution is -2.14. The lowest BCUT2D eigenvalue weighted by atomic mass is 10.2. The fourth-order valence-electron chi connectivity index (χ4n) is 3.23. The molecule has 0 saturated carbocycles. The predicted octanol–water partition coefficient (Wildman–Crippen LogP) is 4.67. The number of methoxy groups -OCH3 is 2. The van der Waals surface area contributed by atoms with Crippen LogP contribution in [0.1, 0.15) is 6.92 Å². The summed E-state index contributed by atoms with van der Waals surface area (Å²) in [5, 5.41) is 12.0. The van der Waals surface area contributed by atoms with Gasteiger partial charge in [0.15, 0.2) is 10.9 Å². The third kappa shape index (κ3) is 5.34. The first-order chi connectivity index (χ1) is 16.6. The highest BCUT2D eigenvalue weighted by molar-refractivity contribution is 7.99. The van der Waals surface area contributed by atoms with Crippen LogP contribution in [0.2, 0.25) is 0 Å². The molecule has 9 nitrogen and oxygen atoms in total. The lowest BCUT2D eigenvalue weighted by molar-refractivity contribution is -0.113. The number of hydrogen-bond acceptors (Lipinski definition) is 8. The van der Waals surface area contributed by atoms with Gasteiger partial charge in [0, 0.05) is 23.9 Å². The summed E-state index contributed by atoms with van der Waals surface area (Å²) in [5.41, 5.74) is 1.39. The molecular weight excluding hydrogens is 456 g/mol. The number of aromatic nitrogens is 3. The van der Waals surface area contributed by atoms with E-state index in [0.717, 1.165) is 11.4 Å². The molecule has 34 heavy (non-hydrogen) atoms. The summed E-state index contributed by atoms with van der Waals surface area (Å²) in [6, 6.07) is 16.4. The second kappa shape index (κ2) is 10.8. The van der Waals surface area contributed by atoms with E-state index in [9.17, 15) is 4.79 Å². The van der Waals surface area contributed by atoms with Crippen LogP contribution >= 0.6 is 11.8 Å². The molecule has 0 aliphatic heterocycles. The second-order valence-corrected chi connectivity index (χ2v) is 7.93. The number of carbonyl (C=O) groups excluding carboxylic acids is 1. The minimum Gasteiger partial charge on any atom is -0.497 e. The topological polar surface area (TPSA) is 101 Å². The molecule has 1 N–H and O–H groups in total. The number of nitrogens with one attached hydrogen (secondary N) is 1. The van der Waals surface area contributed by atoms with Crippen molar-refractivity contribution in [2.75, 3.05) is 31.9 Å².